The summed E-state index contributed by atoms with van der Waals surface area (Å²) in [7, 11) is 0. The van der Waals surface area contributed by atoms with Crippen LogP contribution in [0.15, 0.2) is 48.8 Å². The SMILES string of the molecule is O=C(O)C[C@@H]1CCN(C(=O)Nc2ccccc2)C[C@@H]1Cc1nc2ccncc2[nH]1. The molecule has 1 saturated heterocycles. The first kappa shape index (κ1) is 18.9. The third-order valence-corrected chi connectivity index (χ3v) is 5.43. The Bertz CT molecular complexity index is 971. The van der Waals surface area contributed by atoms with Crippen LogP contribution in [0.4, 0.5) is 10.5 Å². The second kappa shape index (κ2) is 8.30. The number of aliphatic carboxylic acids is 1. The van der Waals surface area contributed by atoms with Crippen molar-refractivity contribution in [2.24, 2.45) is 11.8 Å². The number of likely N-dealkylation sites (tertiary alicyclic amines) is 1. The van der Waals surface area contributed by atoms with Crippen LogP contribution < -0.4 is 5.32 Å². The van der Waals surface area contributed by atoms with Gasteiger partial charge in [0.1, 0.15) is 5.82 Å². The van der Waals surface area contributed by atoms with Crippen molar-refractivity contribution in [2.45, 2.75) is 19.3 Å². The molecule has 0 radical (unpaired) electrons. The Labute approximate surface area is 168 Å². The summed E-state index contributed by atoms with van der Waals surface area (Å²) >= 11 is 0. The first-order valence-electron chi connectivity index (χ1n) is 9.70. The number of nitrogens with one attached hydrogen (secondary N) is 2. The molecule has 1 aliphatic heterocycles. The lowest BCUT2D eigenvalue weighted by atomic mass is 9.81. The molecule has 8 heteroatoms. The van der Waals surface area contributed by atoms with E-state index >= 15 is 0 Å². The minimum Gasteiger partial charge on any atom is -0.481 e. The number of hydrogen-bond donors (Lipinski definition) is 3. The van der Waals surface area contributed by atoms with E-state index in [4.69, 9.17) is 0 Å². The number of amides is 2. The van der Waals surface area contributed by atoms with Crippen molar-refractivity contribution in [1.29, 1.82) is 0 Å². The summed E-state index contributed by atoms with van der Waals surface area (Å²) in [5.41, 5.74) is 2.43. The van der Waals surface area contributed by atoms with E-state index in [0.29, 0.717) is 25.9 Å². The van der Waals surface area contributed by atoms with E-state index in [1.165, 1.54) is 0 Å². The summed E-state index contributed by atoms with van der Waals surface area (Å²) in [6, 6.07) is 11.0. The minimum atomic E-state index is -0.809. The Kier molecular flexibility index (Phi) is 5.41. The van der Waals surface area contributed by atoms with E-state index < -0.39 is 5.97 Å². The number of piperidine rings is 1. The van der Waals surface area contributed by atoms with Crippen molar-refractivity contribution < 1.29 is 14.7 Å². The number of aromatic amines is 1. The van der Waals surface area contributed by atoms with Crippen LogP contribution in [0, 0.1) is 11.8 Å². The van der Waals surface area contributed by atoms with Crippen molar-refractivity contribution in [1.82, 2.24) is 19.9 Å². The van der Waals surface area contributed by atoms with Crippen molar-refractivity contribution in [2.75, 3.05) is 18.4 Å². The van der Waals surface area contributed by atoms with Crippen molar-refractivity contribution in [3.8, 4) is 0 Å². The molecule has 0 saturated carbocycles. The topological polar surface area (TPSA) is 111 Å². The number of carboxylic acids is 1. The third-order valence-electron chi connectivity index (χ3n) is 5.43. The molecule has 1 aliphatic rings. The Hall–Kier alpha value is -3.42. The highest BCUT2D eigenvalue weighted by Gasteiger charge is 2.33. The van der Waals surface area contributed by atoms with Gasteiger partial charge in [-0.15, -0.1) is 0 Å². The molecule has 2 amide bonds. The van der Waals surface area contributed by atoms with Gasteiger partial charge in [0, 0.05) is 37.8 Å². The van der Waals surface area contributed by atoms with Gasteiger partial charge in [-0.25, -0.2) is 9.78 Å². The zero-order valence-electron chi connectivity index (χ0n) is 15.9. The first-order chi connectivity index (χ1) is 14.1. The average Bonchev–Trinajstić information content (AvgIpc) is 3.12. The molecular weight excluding hydrogens is 370 g/mol. The number of carbonyl (C=O) groups excluding carboxylic acids is 1. The number of nitrogens with zero attached hydrogens (tertiary/aromatic N) is 3. The van der Waals surface area contributed by atoms with Crippen LogP contribution in [0.2, 0.25) is 0 Å². The number of benzene rings is 1. The molecule has 0 bridgehead atoms. The predicted molar refractivity (Wildman–Crippen MR) is 108 cm³/mol. The molecule has 3 aromatic rings. The number of fused-ring (bicyclic) bond motifs is 1. The molecule has 1 aromatic carbocycles. The number of rotatable bonds is 5. The molecule has 0 aliphatic carbocycles. The smallest absolute Gasteiger partial charge is 0.321 e. The lowest BCUT2D eigenvalue weighted by molar-refractivity contribution is -0.139. The Morgan fingerprint density at radius 1 is 1.21 bits per heavy atom. The summed E-state index contributed by atoms with van der Waals surface area (Å²) in [6.07, 6.45) is 4.75. The van der Waals surface area contributed by atoms with E-state index in [-0.39, 0.29) is 24.3 Å². The van der Waals surface area contributed by atoms with E-state index in [1.54, 1.807) is 17.3 Å². The van der Waals surface area contributed by atoms with Crippen LogP contribution in [0.25, 0.3) is 11.0 Å². The second-order valence-corrected chi connectivity index (χ2v) is 7.43. The van der Waals surface area contributed by atoms with Gasteiger partial charge in [0.2, 0.25) is 0 Å². The standard InChI is InChI=1S/C21H23N5O3/c27-20(28)11-14-7-9-26(21(29)23-16-4-2-1-3-5-16)13-15(14)10-19-24-17-6-8-22-12-18(17)25-19/h1-6,8,12,14-15H,7,9-11,13H2,(H,23,29)(H,24,25)(H,27,28)/t14-,15-/m0/s1. The molecule has 3 N–H and O–H groups in total. The number of aromatic nitrogens is 3. The average molecular weight is 393 g/mol. The van der Waals surface area contributed by atoms with Gasteiger partial charge >= 0.3 is 12.0 Å². The molecule has 0 unspecified atom stereocenters. The predicted octanol–water partition coefficient (Wildman–Crippen LogP) is 3.15. The van der Waals surface area contributed by atoms with E-state index in [1.807, 2.05) is 36.4 Å². The quantitative estimate of drug-likeness (QED) is 0.617. The number of carboxylic acid groups (broad SMARTS) is 1. The molecule has 3 heterocycles. The van der Waals surface area contributed by atoms with Gasteiger partial charge in [-0.05, 0) is 36.5 Å². The van der Waals surface area contributed by atoms with Gasteiger partial charge in [-0.1, -0.05) is 18.2 Å². The molecule has 150 valence electrons. The minimum absolute atomic E-state index is 0.000359. The van der Waals surface area contributed by atoms with Crippen molar-refractivity contribution >= 4 is 28.7 Å². The summed E-state index contributed by atoms with van der Waals surface area (Å²) in [4.78, 5) is 37.8. The fourth-order valence-corrected chi connectivity index (χ4v) is 3.97. The fraction of sp³-hybridized carbons (Fsp3) is 0.333. The fourth-order valence-electron chi connectivity index (χ4n) is 3.97. The maximum absolute atomic E-state index is 12.7. The number of H-pyrrole nitrogens is 1. The molecule has 1 fully saturated rings. The van der Waals surface area contributed by atoms with Crippen LogP contribution >= 0.6 is 0 Å². The normalized spacial score (nSPS) is 19.2. The Morgan fingerprint density at radius 2 is 2.03 bits per heavy atom. The molecule has 8 nitrogen and oxygen atoms in total. The van der Waals surface area contributed by atoms with Crippen molar-refractivity contribution in [3.05, 3.63) is 54.6 Å². The summed E-state index contributed by atoms with van der Waals surface area (Å²) in [6.45, 7) is 1.03. The van der Waals surface area contributed by atoms with Gasteiger partial charge in [-0.2, -0.15) is 0 Å². The number of hydrogen-bond acceptors (Lipinski definition) is 4. The lowest BCUT2D eigenvalue weighted by Crippen LogP contribution is -2.46. The highest BCUT2D eigenvalue weighted by molar-refractivity contribution is 5.89. The monoisotopic (exact) mass is 393 g/mol. The van der Waals surface area contributed by atoms with Crippen LogP contribution in [-0.2, 0) is 11.2 Å². The Morgan fingerprint density at radius 3 is 2.79 bits per heavy atom. The first-order valence-corrected chi connectivity index (χ1v) is 9.70. The number of anilines is 1. The lowest BCUT2D eigenvalue weighted by Gasteiger charge is -2.37. The number of carbonyl (C=O) groups is 2. The zero-order chi connectivity index (χ0) is 20.2. The molecule has 2 aromatic heterocycles. The number of pyridine rings is 1. The van der Waals surface area contributed by atoms with Gasteiger partial charge in [0.25, 0.3) is 0 Å². The Balaban J connectivity index is 1.49. The van der Waals surface area contributed by atoms with E-state index in [0.717, 1.165) is 22.5 Å². The third kappa shape index (κ3) is 4.53. The molecule has 29 heavy (non-hydrogen) atoms. The molecule has 4 rings (SSSR count). The second-order valence-electron chi connectivity index (χ2n) is 7.43. The maximum Gasteiger partial charge on any atom is 0.321 e. The van der Waals surface area contributed by atoms with Crippen LogP contribution in [0.3, 0.4) is 0 Å². The number of para-hydroxylation sites is 1. The van der Waals surface area contributed by atoms with Gasteiger partial charge in [-0.3, -0.25) is 9.78 Å². The molecule has 0 spiro atoms. The highest BCUT2D eigenvalue weighted by atomic mass is 16.4. The zero-order valence-corrected chi connectivity index (χ0v) is 15.9. The van der Waals surface area contributed by atoms with Crippen LogP contribution in [0.5, 0.6) is 0 Å². The molecular formula is C21H23N5O3. The van der Waals surface area contributed by atoms with E-state index in [2.05, 4.69) is 20.3 Å². The summed E-state index contributed by atoms with van der Waals surface area (Å²) in [5.74, 6) is -0.00999. The van der Waals surface area contributed by atoms with Crippen LogP contribution in [0.1, 0.15) is 18.7 Å². The van der Waals surface area contributed by atoms with Gasteiger partial charge in [0.15, 0.2) is 0 Å². The van der Waals surface area contributed by atoms with Crippen molar-refractivity contribution in [3.63, 3.8) is 0 Å². The van der Waals surface area contributed by atoms with Gasteiger partial charge in [0.05, 0.1) is 17.2 Å². The highest BCUT2D eigenvalue weighted by Crippen LogP contribution is 2.30. The molecule has 2 atom stereocenters. The van der Waals surface area contributed by atoms with Gasteiger partial charge < -0.3 is 20.3 Å². The maximum atomic E-state index is 12.7. The summed E-state index contributed by atoms with van der Waals surface area (Å²) in [5, 5.41) is 12.2. The van der Waals surface area contributed by atoms with E-state index in [9.17, 15) is 14.7 Å². The largest absolute Gasteiger partial charge is 0.481 e. The number of imidazole rings is 1. The number of urea groups is 1. The summed E-state index contributed by atoms with van der Waals surface area (Å²) < 4.78 is 0. The van der Waals surface area contributed by atoms with Crippen LogP contribution in [-0.4, -0.2) is 50.0 Å².